The monoisotopic (exact) mass is 370 g/mol. The lowest BCUT2D eigenvalue weighted by Crippen LogP contribution is -2.41. The van der Waals surface area contributed by atoms with Gasteiger partial charge >= 0.3 is 0 Å². The largest absolute Gasteiger partial charge is 0.351 e. The molecule has 1 amide bonds. The minimum Gasteiger partial charge on any atom is -0.351 e. The molecule has 4 rings (SSSR count). The lowest BCUT2D eigenvalue weighted by Gasteiger charge is -2.33. The number of rotatable bonds is 5. The second-order valence-corrected chi connectivity index (χ2v) is 8.90. The van der Waals surface area contributed by atoms with Gasteiger partial charge in [-0.2, -0.15) is 0 Å². The average molecular weight is 371 g/mol. The molecule has 0 aliphatic carbocycles. The van der Waals surface area contributed by atoms with Gasteiger partial charge in [-0.05, 0) is 81.9 Å². The van der Waals surface area contributed by atoms with Crippen molar-refractivity contribution in [1.29, 1.82) is 0 Å². The fourth-order valence-corrected chi connectivity index (χ4v) is 5.15. The molecule has 1 aromatic carbocycles. The smallest absolute Gasteiger partial charge is 0.237 e. The summed E-state index contributed by atoms with van der Waals surface area (Å²) in [5, 5.41) is 6.63. The third kappa shape index (κ3) is 4.53. The van der Waals surface area contributed by atoms with Crippen molar-refractivity contribution < 1.29 is 4.79 Å². The topological polar surface area (TPSA) is 47.6 Å². The van der Waals surface area contributed by atoms with Gasteiger partial charge in [0.1, 0.15) is 0 Å². The molecular formula is C22H34N4O. The summed E-state index contributed by atoms with van der Waals surface area (Å²) in [5.74, 6) is 0.189. The summed E-state index contributed by atoms with van der Waals surface area (Å²) in [6, 6.07) is 8.78. The molecule has 3 aliphatic heterocycles. The average Bonchev–Trinajstić information content (AvgIpc) is 3.29. The molecule has 3 fully saturated rings. The molecule has 0 radical (unpaired) electrons. The van der Waals surface area contributed by atoms with Crippen molar-refractivity contribution in [3.8, 4) is 0 Å². The molecule has 3 aliphatic rings. The van der Waals surface area contributed by atoms with E-state index in [2.05, 4.69) is 51.7 Å². The van der Waals surface area contributed by atoms with Crippen LogP contribution in [0.3, 0.4) is 0 Å². The van der Waals surface area contributed by atoms with E-state index in [1.807, 2.05) is 0 Å². The molecule has 1 atom stereocenters. The highest BCUT2D eigenvalue weighted by atomic mass is 16.2. The van der Waals surface area contributed by atoms with Crippen LogP contribution >= 0.6 is 0 Å². The first kappa shape index (κ1) is 18.9. The first-order valence-electron chi connectivity index (χ1n) is 10.6. The molecule has 1 aromatic rings. The molecule has 148 valence electrons. The predicted octanol–water partition coefficient (Wildman–Crippen LogP) is 1.97. The fourth-order valence-electron chi connectivity index (χ4n) is 5.15. The molecular weight excluding hydrogens is 336 g/mol. The van der Waals surface area contributed by atoms with Crippen LogP contribution in [0, 0.1) is 5.41 Å². The third-order valence-electron chi connectivity index (χ3n) is 6.80. The molecule has 5 heteroatoms. The standard InChI is InChI=1S/C22H34N4O/c1-25-17-22(8-10-23-11-9-22)14-20(25)21(27)24-15-18-4-6-19(7-5-18)16-26-12-2-3-13-26/h4-7,20,23H,2-3,8-17H2,1H3,(H,24,27)/t20-/m0/s1. The third-order valence-corrected chi connectivity index (χ3v) is 6.80. The number of likely N-dealkylation sites (tertiary alicyclic amines) is 2. The maximum absolute atomic E-state index is 12.8. The molecule has 3 heterocycles. The van der Waals surface area contributed by atoms with Crippen LogP contribution in [0.5, 0.6) is 0 Å². The number of nitrogens with zero attached hydrogens (tertiary/aromatic N) is 2. The quantitative estimate of drug-likeness (QED) is 0.832. The van der Waals surface area contributed by atoms with Crippen LogP contribution in [0.2, 0.25) is 0 Å². The zero-order valence-electron chi connectivity index (χ0n) is 16.7. The Balaban J connectivity index is 1.27. The van der Waals surface area contributed by atoms with E-state index in [1.165, 1.54) is 49.9 Å². The summed E-state index contributed by atoms with van der Waals surface area (Å²) < 4.78 is 0. The normalized spacial score (nSPS) is 25.9. The molecule has 3 saturated heterocycles. The zero-order chi connectivity index (χ0) is 18.7. The SMILES string of the molecule is CN1CC2(CCNCC2)C[C@H]1C(=O)NCc1ccc(CN2CCCC2)cc1. The minimum absolute atomic E-state index is 0.0255. The molecule has 27 heavy (non-hydrogen) atoms. The predicted molar refractivity (Wildman–Crippen MR) is 108 cm³/mol. The first-order chi connectivity index (χ1) is 13.1. The second-order valence-electron chi connectivity index (χ2n) is 8.90. The lowest BCUT2D eigenvalue weighted by atomic mass is 9.77. The van der Waals surface area contributed by atoms with Gasteiger partial charge in [0.25, 0.3) is 0 Å². The summed E-state index contributed by atoms with van der Waals surface area (Å²) >= 11 is 0. The van der Waals surface area contributed by atoms with Crippen molar-refractivity contribution in [2.24, 2.45) is 5.41 Å². The van der Waals surface area contributed by atoms with E-state index in [1.54, 1.807) is 0 Å². The molecule has 2 N–H and O–H groups in total. The van der Waals surface area contributed by atoms with Gasteiger partial charge in [-0.1, -0.05) is 24.3 Å². The highest BCUT2D eigenvalue weighted by Gasteiger charge is 2.45. The maximum Gasteiger partial charge on any atom is 0.237 e. The van der Waals surface area contributed by atoms with E-state index in [0.717, 1.165) is 32.6 Å². The number of hydrogen-bond donors (Lipinski definition) is 2. The van der Waals surface area contributed by atoms with Crippen molar-refractivity contribution in [1.82, 2.24) is 20.4 Å². The summed E-state index contributed by atoms with van der Waals surface area (Å²) in [4.78, 5) is 17.6. The van der Waals surface area contributed by atoms with E-state index in [-0.39, 0.29) is 11.9 Å². The molecule has 1 spiro atoms. The van der Waals surface area contributed by atoms with Crippen molar-refractivity contribution in [2.45, 2.75) is 51.2 Å². The minimum atomic E-state index is 0.0255. The van der Waals surface area contributed by atoms with Crippen LogP contribution < -0.4 is 10.6 Å². The van der Waals surface area contributed by atoms with E-state index >= 15 is 0 Å². The van der Waals surface area contributed by atoms with E-state index in [4.69, 9.17) is 0 Å². The summed E-state index contributed by atoms with van der Waals surface area (Å²) in [6.45, 7) is 7.36. The van der Waals surface area contributed by atoms with Crippen LogP contribution in [-0.2, 0) is 17.9 Å². The first-order valence-corrected chi connectivity index (χ1v) is 10.6. The summed E-state index contributed by atoms with van der Waals surface area (Å²) in [5.41, 5.74) is 2.90. The van der Waals surface area contributed by atoms with Crippen LogP contribution in [-0.4, -0.2) is 61.5 Å². The van der Waals surface area contributed by atoms with Crippen LogP contribution in [0.1, 0.15) is 43.2 Å². The number of hydrogen-bond acceptors (Lipinski definition) is 4. The van der Waals surface area contributed by atoms with E-state index in [0.29, 0.717) is 12.0 Å². The van der Waals surface area contributed by atoms with Gasteiger partial charge in [0.15, 0.2) is 0 Å². The van der Waals surface area contributed by atoms with Gasteiger partial charge in [0, 0.05) is 19.6 Å². The molecule has 0 aromatic heterocycles. The number of likely N-dealkylation sites (N-methyl/N-ethyl adjacent to an activating group) is 1. The molecule has 0 saturated carbocycles. The lowest BCUT2D eigenvalue weighted by molar-refractivity contribution is -0.125. The number of benzene rings is 1. The Morgan fingerprint density at radius 2 is 1.81 bits per heavy atom. The zero-order valence-corrected chi connectivity index (χ0v) is 16.7. The Hall–Kier alpha value is -1.43. The number of nitrogens with one attached hydrogen (secondary N) is 2. The van der Waals surface area contributed by atoms with Crippen LogP contribution in [0.25, 0.3) is 0 Å². The number of carbonyl (C=O) groups is 1. The fraction of sp³-hybridized carbons (Fsp3) is 0.682. The molecule has 0 bridgehead atoms. The Kier molecular flexibility index (Phi) is 5.81. The Morgan fingerprint density at radius 1 is 1.15 bits per heavy atom. The van der Waals surface area contributed by atoms with Crippen molar-refractivity contribution in [3.63, 3.8) is 0 Å². The van der Waals surface area contributed by atoms with E-state index < -0.39 is 0 Å². The maximum atomic E-state index is 12.8. The van der Waals surface area contributed by atoms with Crippen LogP contribution in [0.15, 0.2) is 24.3 Å². The van der Waals surface area contributed by atoms with Crippen LogP contribution in [0.4, 0.5) is 0 Å². The number of amides is 1. The highest BCUT2D eigenvalue weighted by molar-refractivity contribution is 5.82. The van der Waals surface area contributed by atoms with Gasteiger partial charge in [0.05, 0.1) is 6.04 Å². The summed E-state index contributed by atoms with van der Waals surface area (Å²) in [6.07, 6.45) is 6.06. The van der Waals surface area contributed by atoms with Gasteiger partial charge in [-0.3, -0.25) is 14.6 Å². The van der Waals surface area contributed by atoms with Gasteiger partial charge in [-0.15, -0.1) is 0 Å². The van der Waals surface area contributed by atoms with Gasteiger partial charge in [0.2, 0.25) is 5.91 Å². The summed E-state index contributed by atoms with van der Waals surface area (Å²) in [7, 11) is 2.11. The van der Waals surface area contributed by atoms with E-state index in [9.17, 15) is 4.79 Å². The number of carbonyl (C=O) groups excluding carboxylic acids is 1. The Labute approximate surface area is 163 Å². The highest BCUT2D eigenvalue weighted by Crippen LogP contribution is 2.41. The van der Waals surface area contributed by atoms with Crippen molar-refractivity contribution in [3.05, 3.63) is 35.4 Å². The van der Waals surface area contributed by atoms with Crippen molar-refractivity contribution in [2.75, 3.05) is 39.8 Å². The second kappa shape index (κ2) is 8.29. The van der Waals surface area contributed by atoms with Crippen molar-refractivity contribution >= 4 is 5.91 Å². The molecule has 5 nitrogen and oxygen atoms in total. The molecule has 0 unspecified atom stereocenters. The van der Waals surface area contributed by atoms with Gasteiger partial charge < -0.3 is 10.6 Å². The van der Waals surface area contributed by atoms with Gasteiger partial charge in [-0.25, -0.2) is 0 Å². The number of piperidine rings is 1. The Morgan fingerprint density at radius 3 is 2.52 bits per heavy atom. The Bertz CT molecular complexity index is 632.